The molecule has 1 unspecified atom stereocenters. The third kappa shape index (κ3) is 3.96. The number of hydrogen-bond acceptors (Lipinski definition) is 4. The van der Waals surface area contributed by atoms with Crippen molar-refractivity contribution >= 4 is 11.7 Å². The van der Waals surface area contributed by atoms with Crippen molar-refractivity contribution in [1.82, 2.24) is 0 Å². The molecule has 1 atom stereocenters. The van der Waals surface area contributed by atoms with E-state index in [0.717, 1.165) is 5.69 Å². The summed E-state index contributed by atoms with van der Waals surface area (Å²) in [5, 5.41) is 3.18. The average Bonchev–Trinajstić information content (AvgIpc) is 2.81. The number of fused-ring (bicyclic) bond motifs is 1. The van der Waals surface area contributed by atoms with Crippen LogP contribution in [0.25, 0.3) is 0 Å². The number of anilines is 1. The minimum atomic E-state index is -0.262. The molecule has 0 spiro atoms. The number of para-hydroxylation sites is 1. The Labute approximate surface area is 114 Å². The maximum Gasteiger partial charge on any atom is 0.328 e. The fourth-order valence-electron chi connectivity index (χ4n) is 2.06. The second-order valence-corrected chi connectivity index (χ2v) is 5.19. The zero-order valence-corrected chi connectivity index (χ0v) is 11.5. The molecule has 1 aliphatic heterocycles. The van der Waals surface area contributed by atoms with Gasteiger partial charge >= 0.3 is 5.97 Å². The van der Waals surface area contributed by atoms with Crippen LogP contribution in [0.2, 0.25) is 0 Å². The SMILES string of the molecule is CC(C)COCCOC(=O)C1Cc2ccccc2N1. The fraction of sp³-hybridized carbons (Fsp3) is 0.533. The van der Waals surface area contributed by atoms with Gasteiger partial charge in [0.15, 0.2) is 0 Å². The maximum absolute atomic E-state index is 11.9. The third-order valence-corrected chi connectivity index (χ3v) is 2.98. The summed E-state index contributed by atoms with van der Waals surface area (Å²) < 4.78 is 10.6. The highest BCUT2D eigenvalue weighted by Gasteiger charge is 2.27. The van der Waals surface area contributed by atoms with Crippen molar-refractivity contribution in [3.05, 3.63) is 29.8 Å². The molecule has 1 aromatic rings. The first kappa shape index (κ1) is 13.9. The molecule has 0 aromatic heterocycles. The predicted octanol–water partition coefficient (Wildman–Crippen LogP) is 2.24. The van der Waals surface area contributed by atoms with E-state index >= 15 is 0 Å². The first-order valence-corrected chi connectivity index (χ1v) is 6.75. The van der Waals surface area contributed by atoms with Gasteiger partial charge in [0.25, 0.3) is 0 Å². The van der Waals surface area contributed by atoms with Gasteiger partial charge in [0.2, 0.25) is 0 Å². The Morgan fingerprint density at radius 3 is 2.89 bits per heavy atom. The highest BCUT2D eigenvalue weighted by molar-refractivity contribution is 5.82. The standard InChI is InChI=1S/C15H21NO3/c1-11(2)10-18-7-8-19-15(17)14-9-12-5-3-4-6-13(12)16-14/h3-6,11,14,16H,7-10H2,1-2H3. The summed E-state index contributed by atoms with van der Waals surface area (Å²) in [6, 6.07) is 7.69. The number of nitrogens with one attached hydrogen (secondary N) is 1. The van der Waals surface area contributed by atoms with E-state index < -0.39 is 0 Å². The lowest BCUT2D eigenvalue weighted by atomic mass is 10.1. The predicted molar refractivity (Wildman–Crippen MR) is 74.2 cm³/mol. The minimum absolute atomic E-state index is 0.204. The fourth-order valence-corrected chi connectivity index (χ4v) is 2.06. The summed E-state index contributed by atoms with van der Waals surface area (Å²) in [5.74, 6) is 0.297. The van der Waals surface area contributed by atoms with Crippen LogP contribution in [-0.2, 0) is 20.7 Å². The molecule has 1 aromatic carbocycles. The Kier molecular flexibility index (Phi) is 4.80. The van der Waals surface area contributed by atoms with Crippen molar-refractivity contribution < 1.29 is 14.3 Å². The van der Waals surface area contributed by atoms with Crippen LogP contribution < -0.4 is 5.32 Å². The van der Waals surface area contributed by atoms with Gasteiger partial charge in [0.05, 0.1) is 6.61 Å². The number of esters is 1. The molecular formula is C15H21NO3. The topological polar surface area (TPSA) is 47.6 Å². The largest absolute Gasteiger partial charge is 0.462 e. The Morgan fingerprint density at radius 2 is 2.16 bits per heavy atom. The van der Waals surface area contributed by atoms with E-state index in [1.54, 1.807) is 0 Å². The number of ether oxygens (including phenoxy) is 2. The summed E-state index contributed by atoms with van der Waals surface area (Å²) in [6.07, 6.45) is 0.696. The van der Waals surface area contributed by atoms with Crippen molar-refractivity contribution in [2.24, 2.45) is 5.92 Å². The van der Waals surface area contributed by atoms with Crippen LogP contribution in [0, 0.1) is 5.92 Å². The Morgan fingerprint density at radius 1 is 1.37 bits per heavy atom. The zero-order chi connectivity index (χ0) is 13.7. The molecule has 0 aliphatic carbocycles. The van der Waals surface area contributed by atoms with Gasteiger partial charge < -0.3 is 14.8 Å². The highest BCUT2D eigenvalue weighted by atomic mass is 16.6. The molecule has 1 N–H and O–H groups in total. The molecule has 0 amide bonds. The quantitative estimate of drug-likeness (QED) is 0.631. The van der Waals surface area contributed by atoms with Gasteiger partial charge in [-0.05, 0) is 17.5 Å². The Hall–Kier alpha value is -1.55. The van der Waals surface area contributed by atoms with Gasteiger partial charge in [-0.1, -0.05) is 32.0 Å². The molecule has 0 fully saturated rings. The van der Waals surface area contributed by atoms with Gasteiger partial charge in [0, 0.05) is 18.7 Å². The van der Waals surface area contributed by atoms with Crippen molar-refractivity contribution in [2.75, 3.05) is 25.1 Å². The molecule has 1 heterocycles. The van der Waals surface area contributed by atoms with Gasteiger partial charge in [-0.15, -0.1) is 0 Å². The van der Waals surface area contributed by atoms with Gasteiger partial charge in [-0.2, -0.15) is 0 Å². The first-order chi connectivity index (χ1) is 9.16. The van der Waals surface area contributed by atoms with Crippen LogP contribution >= 0.6 is 0 Å². The van der Waals surface area contributed by atoms with Crippen LogP contribution in [0.5, 0.6) is 0 Å². The van der Waals surface area contributed by atoms with Crippen LogP contribution in [-0.4, -0.2) is 31.8 Å². The highest BCUT2D eigenvalue weighted by Crippen LogP contribution is 2.25. The average molecular weight is 263 g/mol. The van der Waals surface area contributed by atoms with Crippen LogP contribution in [0.1, 0.15) is 19.4 Å². The molecule has 0 saturated carbocycles. The zero-order valence-electron chi connectivity index (χ0n) is 11.5. The lowest BCUT2D eigenvalue weighted by Gasteiger charge is -2.12. The van der Waals surface area contributed by atoms with Crippen LogP contribution in [0.15, 0.2) is 24.3 Å². The molecular weight excluding hydrogens is 242 g/mol. The summed E-state index contributed by atoms with van der Waals surface area (Å²) in [5.41, 5.74) is 2.20. The monoisotopic (exact) mass is 263 g/mol. The smallest absolute Gasteiger partial charge is 0.328 e. The van der Waals surface area contributed by atoms with E-state index in [9.17, 15) is 4.79 Å². The lowest BCUT2D eigenvalue weighted by Crippen LogP contribution is -2.30. The van der Waals surface area contributed by atoms with E-state index in [1.807, 2.05) is 24.3 Å². The number of rotatable bonds is 6. The van der Waals surface area contributed by atoms with Crippen molar-refractivity contribution in [1.29, 1.82) is 0 Å². The normalized spacial score (nSPS) is 17.1. The number of carbonyl (C=O) groups is 1. The first-order valence-electron chi connectivity index (χ1n) is 6.75. The Balaban J connectivity index is 1.68. The van der Waals surface area contributed by atoms with Gasteiger partial charge in [0.1, 0.15) is 12.6 Å². The molecule has 0 saturated heterocycles. The van der Waals surface area contributed by atoms with E-state index in [1.165, 1.54) is 5.56 Å². The molecule has 19 heavy (non-hydrogen) atoms. The number of benzene rings is 1. The summed E-state index contributed by atoms with van der Waals surface area (Å²) in [6.45, 7) is 5.66. The minimum Gasteiger partial charge on any atom is -0.462 e. The van der Waals surface area contributed by atoms with Crippen LogP contribution in [0.4, 0.5) is 5.69 Å². The number of carbonyl (C=O) groups excluding carboxylic acids is 1. The third-order valence-electron chi connectivity index (χ3n) is 2.98. The van der Waals surface area contributed by atoms with Crippen molar-refractivity contribution in [2.45, 2.75) is 26.3 Å². The summed E-state index contributed by atoms with van der Waals surface area (Å²) >= 11 is 0. The molecule has 0 radical (unpaired) electrons. The lowest BCUT2D eigenvalue weighted by molar-refractivity contribution is -0.146. The van der Waals surface area contributed by atoms with Crippen molar-refractivity contribution in [3.63, 3.8) is 0 Å². The second-order valence-electron chi connectivity index (χ2n) is 5.19. The molecule has 1 aliphatic rings. The van der Waals surface area contributed by atoms with Gasteiger partial charge in [-0.25, -0.2) is 4.79 Å². The van der Waals surface area contributed by atoms with Gasteiger partial charge in [-0.3, -0.25) is 0 Å². The van der Waals surface area contributed by atoms with E-state index in [2.05, 4.69) is 19.2 Å². The molecule has 2 rings (SSSR count). The van der Waals surface area contributed by atoms with Crippen LogP contribution in [0.3, 0.4) is 0 Å². The Bertz CT molecular complexity index is 406. The molecule has 4 nitrogen and oxygen atoms in total. The maximum atomic E-state index is 11.9. The number of hydrogen-bond donors (Lipinski definition) is 1. The summed E-state index contributed by atoms with van der Waals surface area (Å²) in [4.78, 5) is 11.9. The van der Waals surface area contributed by atoms with Crippen molar-refractivity contribution in [3.8, 4) is 0 Å². The second kappa shape index (κ2) is 6.57. The van der Waals surface area contributed by atoms with E-state index in [-0.39, 0.29) is 12.0 Å². The summed E-state index contributed by atoms with van der Waals surface area (Å²) in [7, 11) is 0. The molecule has 4 heteroatoms. The van der Waals surface area contributed by atoms with E-state index in [0.29, 0.717) is 32.2 Å². The molecule has 104 valence electrons. The van der Waals surface area contributed by atoms with E-state index in [4.69, 9.17) is 9.47 Å². The molecule has 0 bridgehead atoms.